The molecule has 2 aromatic carbocycles. The minimum Gasteiger partial charge on any atom is -0.325 e. The van der Waals surface area contributed by atoms with Gasteiger partial charge in [0.25, 0.3) is 15.6 Å². The monoisotopic (exact) mass is 417 g/mol. The van der Waals surface area contributed by atoms with Gasteiger partial charge in [-0.15, -0.1) is 0 Å². The number of nitrogens with one attached hydrogen (secondary N) is 2. The number of pyridine rings is 1. The molecule has 144 valence electrons. The van der Waals surface area contributed by atoms with Crippen LogP contribution < -0.4 is 15.6 Å². The second-order valence-corrected chi connectivity index (χ2v) is 7.97. The lowest BCUT2D eigenvalue weighted by molar-refractivity contribution is -0.116. The third-order valence-corrected chi connectivity index (χ3v) is 5.41. The molecule has 28 heavy (non-hydrogen) atoms. The van der Waals surface area contributed by atoms with E-state index in [1.165, 1.54) is 41.1 Å². The smallest absolute Gasteiger partial charge is 0.261 e. The molecule has 2 N–H and O–H groups in total. The zero-order valence-corrected chi connectivity index (χ0v) is 16.1. The van der Waals surface area contributed by atoms with Gasteiger partial charge < -0.3 is 9.88 Å². The Hall–Kier alpha value is -3.10. The summed E-state index contributed by atoms with van der Waals surface area (Å²) in [5.41, 5.74) is 0.516. The summed E-state index contributed by atoms with van der Waals surface area (Å²) in [6.45, 7) is -0.141. The van der Waals surface area contributed by atoms with Crippen LogP contribution >= 0.6 is 11.6 Å². The number of sulfonamides is 1. The molecular formula is C19H16ClN3O4S. The molecule has 0 unspecified atom stereocenters. The van der Waals surface area contributed by atoms with Crippen molar-refractivity contribution in [1.29, 1.82) is 0 Å². The molecule has 0 aliphatic carbocycles. The number of hydrogen-bond acceptors (Lipinski definition) is 4. The van der Waals surface area contributed by atoms with Crippen molar-refractivity contribution >= 4 is 38.9 Å². The maximum Gasteiger partial charge on any atom is 0.261 e. The van der Waals surface area contributed by atoms with Crippen molar-refractivity contribution in [1.82, 2.24) is 4.57 Å². The Kier molecular flexibility index (Phi) is 5.81. The number of carbonyl (C=O) groups is 1. The molecule has 9 heteroatoms. The Morgan fingerprint density at radius 2 is 1.57 bits per heavy atom. The van der Waals surface area contributed by atoms with Gasteiger partial charge in [-0.25, -0.2) is 8.42 Å². The molecule has 3 aromatic rings. The minimum absolute atomic E-state index is 0.0414. The molecule has 0 atom stereocenters. The predicted molar refractivity (Wildman–Crippen MR) is 108 cm³/mol. The second kappa shape index (κ2) is 8.28. The predicted octanol–water partition coefficient (Wildman–Crippen LogP) is 2.94. The summed E-state index contributed by atoms with van der Waals surface area (Å²) >= 11 is 5.79. The Labute approximate surface area is 166 Å². The summed E-state index contributed by atoms with van der Waals surface area (Å²) in [5, 5.41) is 3.12. The molecule has 0 fully saturated rings. The molecular weight excluding hydrogens is 402 g/mol. The Bertz CT molecular complexity index is 1140. The van der Waals surface area contributed by atoms with E-state index in [0.717, 1.165) is 0 Å². The molecule has 0 aliphatic rings. The van der Waals surface area contributed by atoms with E-state index < -0.39 is 15.9 Å². The molecule has 3 rings (SSSR count). The van der Waals surface area contributed by atoms with Gasteiger partial charge in [-0.2, -0.15) is 0 Å². The van der Waals surface area contributed by atoms with Gasteiger partial charge in [0.05, 0.1) is 4.90 Å². The van der Waals surface area contributed by atoms with Gasteiger partial charge in [0.1, 0.15) is 6.54 Å². The van der Waals surface area contributed by atoms with Crippen molar-refractivity contribution in [2.45, 2.75) is 11.4 Å². The van der Waals surface area contributed by atoms with Crippen LogP contribution in [-0.4, -0.2) is 18.9 Å². The molecule has 1 aromatic heterocycles. The standard InChI is InChI=1S/C19H16ClN3O4S/c20-14-4-6-16(7-5-14)22-28(26,27)17-10-8-15(9-11-17)21-18(24)13-23-12-2-1-3-19(23)25/h1-12,22H,13H2,(H,21,24). The van der Waals surface area contributed by atoms with Gasteiger partial charge in [-0.3, -0.25) is 14.3 Å². The highest BCUT2D eigenvalue weighted by molar-refractivity contribution is 7.92. The van der Waals surface area contributed by atoms with E-state index >= 15 is 0 Å². The van der Waals surface area contributed by atoms with Crippen LogP contribution in [0.1, 0.15) is 0 Å². The number of hydrogen-bond donors (Lipinski definition) is 2. The highest BCUT2D eigenvalue weighted by Crippen LogP contribution is 2.20. The van der Waals surface area contributed by atoms with Gasteiger partial charge in [0, 0.05) is 28.7 Å². The van der Waals surface area contributed by atoms with Crippen LogP contribution in [0.2, 0.25) is 5.02 Å². The zero-order chi connectivity index (χ0) is 20.1. The topological polar surface area (TPSA) is 97.3 Å². The molecule has 0 saturated carbocycles. The third-order valence-electron chi connectivity index (χ3n) is 3.76. The summed E-state index contributed by atoms with van der Waals surface area (Å²) < 4.78 is 28.6. The summed E-state index contributed by atoms with van der Waals surface area (Å²) in [5.74, 6) is -0.400. The molecule has 1 heterocycles. The Morgan fingerprint density at radius 3 is 2.21 bits per heavy atom. The highest BCUT2D eigenvalue weighted by atomic mass is 35.5. The van der Waals surface area contributed by atoms with E-state index in [4.69, 9.17) is 11.6 Å². The van der Waals surface area contributed by atoms with Crippen LogP contribution in [0.5, 0.6) is 0 Å². The second-order valence-electron chi connectivity index (χ2n) is 5.85. The van der Waals surface area contributed by atoms with E-state index in [9.17, 15) is 18.0 Å². The number of carbonyl (C=O) groups excluding carboxylic acids is 1. The molecule has 0 bridgehead atoms. The number of anilines is 2. The average molecular weight is 418 g/mol. The summed E-state index contributed by atoms with van der Waals surface area (Å²) in [4.78, 5) is 23.7. The van der Waals surface area contributed by atoms with Crippen molar-refractivity contribution in [2.24, 2.45) is 0 Å². The molecule has 0 radical (unpaired) electrons. The van der Waals surface area contributed by atoms with E-state index in [1.54, 1.807) is 36.4 Å². The van der Waals surface area contributed by atoms with Crippen molar-refractivity contribution in [2.75, 3.05) is 10.0 Å². The fourth-order valence-corrected chi connectivity index (χ4v) is 3.58. The SMILES string of the molecule is O=C(Cn1ccccc1=O)Nc1ccc(S(=O)(=O)Nc2ccc(Cl)cc2)cc1. The first kappa shape index (κ1) is 19.7. The quantitative estimate of drug-likeness (QED) is 0.644. The zero-order valence-electron chi connectivity index (χ0n) is 14.5. The number of nitrogens with zero attached hydrogens (tertiary/aromatic N) is 1. The number of amides is 1. The van der Waals surface area contributed by atoms with Gasteiger partial charge >= 0.3 is 0 Å². The first-order chi connectivity index (χ1) is 13.3. The maximum atomic E-state index is 12.4. The van der Waals surface area contributed by atoms with Crippen molar-refractivity contribution in [3.05, 3.63) is 88.3 Å². The van der Waals surface area contributed by atoms with E-state index in [0.29, 0.717) is 16.4 Å². The van der Waals surface area contributed by atoms with E-state index in [1.807, 2.05) is 0 Å². The van der Waals surface area contributed by atoms with Crippen LogP contribution in [0.25, 0.3) is 0 Å². The van der Waals surface area contributed by atoms with Gasteiger partial charge in [0.15, 0.2) is 0 Å². The van der Waals surface area contributed by atoms with Crippen LogP contribution in [0.15, 0.2) is 82.6 Å². The number of halogens is 1. The average Bonchev–Trinajstić information content (AvgIpc) is 2.66. The first-order valence-electron chi connectivity index (χ1n) is 8.17. The maximum absolute atomic E-state index is 12.4. The van der Waals surface area contributed by atoms with Gasteiger partial charge in [-0.05, 0) is 54.6 Å². The lowest BCUT2D eigenvalue weighted by Gasteiger charge is -2.10. The third kappa shape index (κ3) is 4.99. The normalized spacial score (nSPS) is 11.0. The minimum atomic E-state index is -3.78. The van der Waals surface area contributed by atoms with Crippen molar-refractivity contribution < 1.29 is 13.2 Å². The van der Waals surface area contributed by atoms with Crippen molar-refractivity contribution in [3.63, 3.8) is 0 Å². The lowest BCUT2D eigenvalue weighted by atomic mass is 10.3. The van der Waals surface area contributed by atoms with E-state index in [-0.39, 0.29) is 17.0 Å². The first-order valence-corrected chi connectivity index (χ1v) is 10.0. The molecule has 1 amide bonds. The van der Waals surface area contributed by atoms with Crippen molar-refractivity contribution in [3.8, 4) is 0 Å². The Balaban J connectivity index is 1.67. The lowest BCUT2D eigenvalue weighted by Crippen LogP contribution is -2.26. The van der Waals surface area contributed by atoms with Crippen LogP contribution in [0, 0.1) is 0 Å². The number of benzene rings is 2. The van der Waals surface area contributed by atoms with Crippen LogP contribution in [0.4, 0.5) is 11.4 Å². The summed E-state index contributed by atoms with van der Waals surface area (Å²) in [7, 11) is -3.78. The van der Waals surface area contributed by atoms with Gasteiger partial charge in [0.2, 0.25) is 5.91 Å². The molecule has 0 aliphatic heterocycles. The van der Waals surface area contributed by atoms with Gasteiger partial charge in [-0.1, -0.05) is 17.7 Å². The largest absolute Gasteiger partial charge is 0.325 e. The fraction of sp³-hybridized carbons (Fsp3) is 0.0526. The molecule has 0 saturated heterocycles. The molecule has 7 nitrogen and oxygen atoms in total. The molecule has 0 spiro atoms. The van der Waals surface area contributed by atoms with Crippen LogP contribution in [-0.2, 0) is 21.4 Å². The summed E-state index contributed by atoms with van der Waals surface area (Å²) in [6, 6.07) is 16.6. The highest BCUT2D eigenvalue weighted by Gasteiger charge is 2.14. The van der Waals surface area contributed by atoms with E-state index in [2.05, 4.69) is 10.0 Å². The Morgan fingerprint density at radius 1 is 0.929 bits per heavy atom. The van der Waals surface area contributed by atoms with Crippen LogP contribution in [0.3, 0.4) is 0 Å². The fourth-order valence-electron chi connectivity index (χ4n) is 2.40. The summed E-state index contributed by atoms with van der Waals surface area (Å²) in [6.07, 6.45) is 1.51. The number of rotatable bonds is 6. The number of aromatic nitrogens is 1.